The van der Waals surface area contributed by atoms with Gasteiger partial charge in [-0.3, -0.25) is 4.79 Å². The highest BCUT2D eigenvalue weighted by molar-refractivity contribution is 5.76. The molecule has 0 bridgehead atoms. The molecule has 0 heterocycles. The van der Waals surface area contributed by atoms with Gasteiger partial charge in [-0.05, 0) is 42.2 Å². The Kier molecular flexibility index (Phi) is 4.95. The number of hydrogen-bond donors (Lipinski definition) is 2. The number of rotatable bonds is 5. The molecule has 21 heavy (non-hydrogen) atoms. The summed E-state index contributed by atoms with van der Waals surface area (Å²) in [4.78, 5) is 11.6. The summed E-state index contributed by atoms with van der Waals surface area (Å²) in [5.41, 5.74) is 8.83. The second-order valence-corrected chi connectivity index (χ2v) is 4.81. The van der Waals surface area contributed by atoms with Crippen molar-refractivity contribution >= 4 is 5.97 Å². The fourth-order valence-electron chi connectivity index (χ4n) is 2.12. The van der Waals surface area contributed by atoms with E-state index in [-0.39, 0.29) is 11.7 Å². The van der Waals surface area contributed by atoms with Crippen LogP contribution in [0.3, 0.4) is 0 Å². The summed E-state index contributed by atoms with van der Waals surface area (Å²) in [5, 5.41) is 9.32. The van der Waals surface area contributed by atoms with Crippen LogP contribution < -0.4 is 5.73 Å². The van der Waals surface area contributed by atoms with Gasteiger partial charge < -0.3 is 15.6 Å². The lowest BCUT2D eigenvalue weighted by Gasteiger charge is -2.11. The molecule has 0 aliphatic carbocycles. The number of carbonyl (C=O) groups excluding carboxylic acids is 1. The molecule has 110 valence electrons. The first-order valence-electron chi connectivity index (χ1n) is 6.90. The highest BCUT2D eigenvalue weighted by atomic mass is 16.5. The fraction of sp³-hybridized carbons (Fsp3) is 0.235. The average molecular weight is 285 g/mol. The van der Waals surface area contributed by atoms with Crippen LogP contribution >= 0.6 is 0 Å². The van der Waals surface area contributed by atoms with E-state index in [1.165, 1.54) is 0 Å². The lowest BCUT2D eigenvalue weighted by molar-refractivity contribution is -0.144. The predicted molar refractivity (Wildman–Crippen MR) is 81.9 cm³/mol. The molecule has 2 aromatic rings. The Balaban J connectivity index is 2.14. The van der Waals surface area contributed by atoms with Crippen molar-refractivity contribution in [3.8, 4) is 16.9 Å². The van der Waals surface area contributed by atoms with Crippen LogP contribution in [-0.4, -0.2) is 23.7 Å². The second kappa shape index (κ2) is 6.90. The van der Waals surface area contributed by atoms with Gasteiger partial charge in [0.05, 0.1) is 6.61 Å². The first-order chi connectivity index (χ1) is 10.1. The van der Waals surface area contributed by atoms with E-state index in [4.69, 9.17) is 10.5 Å². The number of phenols is 1. The molecule has 2 rings (SSSR count). The maximum absolute atomic E-state index is 11.6. The summed E-state index contributed by atoms with van der Waals surface area (Å²) in [5.74, 6) is -0.147. The van der Waals surface area contributed by atoms with E-state index < -0.39 is 6.04 Å². The normalized spacial score (nSPS) is 11.9. The largest absolute Gasteiger partial charge is 0.508 e. The smallest absolute Gasteiger partial charge is 0.323 e. The molecule has 0 aromatic heterocycles. The number of ether oxygens (including phenoxy) is 1. The van der Waals surface area contributed by atoms with E-state index in [1.54, 1.807) is 19.1 Å². The minimum Gasteiger partial charge on any atom is -0.508 e. The van der Waals surface area contributed by atoms with Gasteiger partial charge in [-0.2, -0.15) is 0 Å². The summed E-state index contributed by atoms with van der Waals surface area (Å²) >= 11 is 0. The molecule has 0 aliphatic heterocycles. The SMILES string of the molecule is CCOC(=O)[C@@H](N)Cc1cccc(-c2ccc(O)cc2)c1. The Hall–Kier alpha value is -2.33. The van der Waals surface area contributed by atoms with Crippen LogP contribution in [0.4, 0.5) is 0 Å². The van der Waals surface area contributed by atoms with E-state index in [0.29, 0.717) is 13.0 Å². The van der Waals surface area contributed by atoms with Gasteiger partial charge in [0.25, 0.3) is 0 Å². The number of benzene rings is 2. The van der Waals surface area contributed by atoms with E-state index in [0.717, 1.165) is 16.7 Å². The third-order valence-corrected chi connectivity index (χ3v) is 3.17. The van der Waals surface area contributed by atoms with Crippen molar-refractivity contribution < 1.29 is 14.6 Å². The van der Waals surface area contributed by atoms with Crippen LogP contribution in [0.5, 0.6) is 5.75 Å². The van der Waals surface area contributed by atoms with Crippen molar-refractivity contribution in [3.05, 3.63) is 54.1 Å². The predicted octanol–water partition coefficient (Wildman–Crippen LogP) is 2.49. The number of esters is 1. The van der Waals surface area contributed by atoms with Gasteiger partial charge in [-0.25, -0.2) is 0 Å². The number of hydrogen-bond acceptors (Lipinski definition) is 4. The molecule has 0 radical (unpaired) electrons. The third-order valence-electron chi connectivity index (χ3n) is 3.17. The molecule has 4 nitrogen and oxygen atoms in total. The molecule has 0 saturated carbocycles. The van der Waals surface area contributed by atoms with Crippen LogP contribution in [0.1, 0.15) is 12.5 Å². The Morgan fingerprint density at radius 1 is 1.19 bits per heavy atom. The van der Waals surface area contributed by atoms with Crippen molar-refractivity contribution in [1.82, 2.24) is 0 Å². The minimum atomic E-state index is -0.653. The van der Waals surface area contributed by atoms with Gasteiger partial charge in [0.15, 0.2) is 0 Å². The maximum Gasteiger partial charge on any atom is 0.323 e. The lowest BCUT2D eigenvalue weighted by Crippen LogP contribution is -2.34. The summed E-state index contributed by atoms with van der Waals surface area (Å²) < 4.78 is 4.91. The van der Waals surface area contributed by atoms with Gasteiger partial charge in [-0.15, -0.1) is 0 Å². The number of carbonyl (C=O) groups is 1. The highest BCUT2D eigenvalue weighted by Gasteiger charge is 2.15. The summed E-state index contributed by atoms with van der Waals surface area (Å²) in [7, 11) is 0. The van der Waals surface area contributed by atoms with Crippen LogP contribution in [-0.2, 0) is 16.0 Å². The van der Waals surface area contributed by atoms with Crippen molar-refractivity contribution in [3.63, 3.8) is 0 Å². The fourth-order valence-corrected chi connectivity index (χ4v) is 2.12. The van der Waals surface area contributed by atoms with E-state index in [9.17, 15) is 9.90 Å². The summed E-state index contributed by atoms with van der Waals surface area (Å²) in [6.07, 6.45) is 0.435. The van der Waals surface area contributed by atoms with Gasteiger partial charge >= 0.3 is 5.97 Å². The number of aromatic hydroxyl groups is 1. The van der Waals surface area contributed by atoms with E-state index >= 15 is 0 Å². The Bertz CT molecular complexity index is 608. The molecule has 2 aromatic carbocycles. The van der Waals surface area contributed by atoms with Crippen molar-refractivity contribution in [2.45, 2.75) is 19.4 Å². The van der Waals surface area contributed by atoms with Crippen LogP contribution in [0, 0.1) is 0 Å². The molecule has 0 unspecified atom stereocenters. The summed E-state index contributed by atoms with van der Waals surface area (Å²) in [6.45, 7) is 2.09. The molecular formula is C17H19NO3. The topological polar surface area (TPSA) is 72.5 Å². The molecule has 4 heteroatoms. The highest BCUT2D eigenvalue weighted by Crippen LogP contribution is 2.23. The second-order valence-electron chi connectivity index (χ2n) is 4.81. The van der Waals surface area contributed by atoms with Crippen molar-refractivity contribution in [1.29, 1.82) is 0 Å². The first-order valence-corrected chi connectivity index (χ1v) is 6.90. The quantitative estimate of drug-likeness (QED) is 0.828. The monoisotopic (exact) mass is 285 g/mol. The molecular weight excluding hydrogens is 266 g/mol. The molecule has 0 amide bonds. The van der Waals surface area contributed by atoms with Crippen LogP contribution in [0.15, 0.2) is 48.5 Å². The molecule has 0 saturated heterocycles. The van der Waals surface area contributed by atoms with Crippen LogP contribution in [0.2, 0.25) is 0 Å². The lowest BCUT2D eigenvalue weighted by atomic mass is 9.99. The van der Waals surface area contributed by atoms with E-state index in [2.05, 4.69) is 0 Å². The standard InChI is InChI=1S/C17H19NO3/c1-2-21-17(20)16(18)11-12-4-3-5-14(10-12)13-6-8-15(19)9-7-13/h3-10,16,19H,2,11,18H2,1H3/t16-/m0/s1. The van der Waals surface area contributed by atoms with Gasteiger partial charge in [-0.1, -0.05) is 36.4 Å². The molecule has 1 atom stereocenters. The third kappa shape index (κ3) is 4.07. The first kappa shape index (κ1) is 15.1. The summed E-state index contributed by atoms with van der Waals surface area (Å²) in [6, 6.07) is 14.2. The zero-order valence-corrected chi connectivity index (χ0v) is 12.0. The van der Waals surface area contributed by atoms with Crippen LogP contribution in [0.25, 0.3) is 11.1 Å². The maximum atomic E-state index is 11.6. The Labute approximate surface area is 124 Å². The number of nitrogens with two attached hydrogens (primary N) is 1. The molecule has 0 aliphatic rings. The molecule has 3 N–H and O–H groups in total. The van der Waals surface area contributed by atoms with Crippen molar-refractivity contribution in [2.24, 2.45) is 5.73 Å². The van der Waals surface area contributed by atoms with Crippen molar-refractivity contribution in [2.75, 3.05) is 6.61 Å². The molecule has 0 fully saturated rings. The Morgan fingerprint density at radius 3 is 2.57 bits per heavy atom. The molecule has 0 spiro atoms. The minimum absolute atomic E-state index is 0.235. The Morgan fingerprint density at radius 2 is 1.90 bits per heavy atom. The zero-order chi connectivity index (χ0) is 15.2. The average Bonchev–Trinajstić information content (AvgIpc) is 2.48. The van der Waals surface area contributed by atoms with Gasteiger partial charge in [0, 0.05) is 0 Å². The number of phenolic OH excluding ortho intramolecular Hbond substituents is 1. The van der Waals surface area contributed by atoms with Gasteiger partial charge in [0.2, 0.25) is 0 Å². The zero-order valence-electron chi connectivity index (χ0n) is 12.0. The van der Waals surface area contributed by atoms with E-state index in [1.807, 2.05) is 36.4 Å². The van der Waals surface area contributed by atoms with Gasteiger partial charge in [0.1, 0.15) is 11.8 Å².